The fourth-order valence-electron chi connectivity index (χ4n) is 3.33. The van der Waals surface area contributed by atoms with E-state index in [1.807, 2.05) is 32.3 Å². The third-order valence-corrected chi connectivity index (χ3v) is 4.81. The number of urea groups is 1. The van der Waals surface area contributed by atoms with Gasteiger partial charge in [0, 0.05) is 12.6 Å². The van der Waals surface area contributed by atoms with E-state index in [-0.39, 0.29) is 12.1 Å². The van der Waals surface area contributed by atoms with E-state index in [4.69, 9.17) is 9.47 Å². The van der Waals surface area contributed by atoms with Crippen LogP contribution < -0.4 is 20.1 Å². The molecule has 6 nitrogen and oxygen atoms in total. The van der Waals surface area contributed by atoms with Gasteiger partial charge in [-0.15, -0.1) is 0 Å². The minimum Gasteiger partial charge on any atom is -0.493 e. The summed E-state index contributed by atoms with van der Waals surface area (Å²) >= 11 is 0. The fourth-order valence-corrected chi connectivity index (χ4v) is 3.33. The van der Waals surface area contributed by atoms with E-state index in [9.17, 15) is 4.79 Å². The zero-order valence-electron chi connectivity index (χ0n) is 15.8. The summed E-state index contributed by atoms with van der Waals surface area (Å²) in [5, 5.41) is 6.10. The van der Waals surface area contributed by atoms with Crippen molar-refractivity contribution in [2.75, 3.05) is 34.9 Å². The molecule has 1 aromatic rings. The molecule has 0 aliphatic heterocycles. The van der Waals surface area contributed by atoms with Crippen LogP contribution in [-0.2, 0) is 0 Å². The number of carbonyl (C=O) groups is 1. The summed E-state index contributed by atoms with van der Waals surface area (Å²) in [5.41, 5.74) is 1.07. The summed E-state index contributed by atoms with van der Waals surface area (Å²) in [5.74, 6) is 1.39. The number of hydrogen-bond acceptors (Lipinski definition) is 4. The predicted octanol–water partition coefficient (Wildman–Crippen LogP) is 2.94. The quantitative estimate of drug-likeness (QED) is 0.794. The van der Waals surface area contributed by atoms with Gasteiger partial charge in [-0.2, -0.15) is 0 Å². The van der Waals surface area contributed by atoms with Crippen LogP contribution in [0.4, 0.5) is 4.79 Å². The Bertz CT molecular complexity index is 557. The Morgan fingerprint density at radius 1 is 1.16 bits per heavy atom. The van der Waals surface area contributed by atoms with Gasteiger partial charge < -0.3 is 25.0 Å². The maximum atomic E-state index is 12.2. The van der Waals surface area contributed by atoms with Crippen molar-refractivity contribution in [3.8, 4) is 11.5 Å². The third-order valence-electron chi connectivity index (χ3n) is 4.81. The molecular weight excluding hydrogens is 318 g/mol. The van der Waals surface area contributed by atoms with E-state index < -0.39 is 0 Å². The van der Waals surface area contributed by atoms with Crippen LogP contribution in [0.1, 0.15) is 43.7 Å². The van der Waals surface area contributed by atoms with Crippen LogP contribution in [0.25, 0.3) is 0 Å². The normalized spacial score (nSPS) is 16.4. The molecule has 0 aromatic heterocycles. The highest BCUT2D eigenvalue weighted by atomic mass is 16.5. The zero-order valence-corrected chi connectivity index (χ0v) is 15.8. The minimum atomic E-state index is -0.0840. The first-order chi connectivity index (χ1) is 12.0. The highest BCUT2D eigenvalue weighted by molar-refractivity contribution is 5.74. The number of amides is 2. The number of carbonyl (C=O) groups excluding carboxylic acids is 1. The van der Waals surface area contributed by atoms with Gasteiger partial charge >= 0.3 is 6.03 Å². The molecule has 1 unspecified atom stereocenters. The van der Waals surface area contributed by atoms with Gasteiger partial charge in [-0.3, -0.25) is 0 Å². The molecule has 1 aliphatic rings. The van der Waals surface area contributed by atoms with E-state index in [1.165, 1.54) is 19.3 Å². The molecule has 25 heavy (non-hydrogen) atoms. The Morgan fingerprint density at radius 2 is 1.84 bits per heavy atom. The van der Waals surface area contributed by atoms with Crippen molar-refractivity contribution in [1.82, 2.24) is 15.5 Å². The predicted molar refractivity (Wildman–Crippen MR) is 99.4 cm³/mol. The van der Waals surface area contributed by atoms with Gasteiger partial charge in [-0.25, -0.2) is 4.79 Å². The molecule has 0 bridgehead atoms. The zero-order chi connectivity index (χ0) is 18.2. The first-order valence-electron chi connectivity index (χ1n) is 8.98. The number of nitrogens with one attached hydrogen (secondary N) is 2. The SMILES string of the molecule is COc1ccc(C(CNC(=O)NC2CCCCC2)N(C)C)cc1OC. The molecule has 0 radical (unpaired) electrons. The van der Waals surface area contributed by atoms with Crippen LogP contribution in [0.2, 0.25) is 0 Å². The number of benzene rings is 1. The molecule has 0 spiro atoms. The standard InChI is InChI=1S/C19H31N3O3/c1-22(2)16(14-10-11-17(24-3)18(12-14)25-4)13-20-19(23)21-15-8-6-5-7-9-15/h10-12,15-16H,5-9,13H2,1-4H3,(H2,20,21,23). The summed E-state index contributed by atoms with van der Waals surface area (Å²) in [6.45, 7) is 0.529. The summed E-state index contributed by atoms with van der Waals surface area (Å²) in [7, 11) is 7.25. The van der Waals surface area contributed by atoms with Crippen molar-refractivity contribution < 1.29 is 14.3 Å². The van der Waals surface area contributed by atoms with Gasteiger partial charge in [0.05, 0.1) is 20.3 Å². The Labute approximate surface area is 150 Å². The molecule has 1 fully saturated rings. The molecule has 2 rings (SSSR count). The summed E-state index contributed by atoms with van der Waals surface area (Å²) < 4.78 is 10.7. The molecule has 1 aliphatic carbocycles. The smallest absolute Gasteiger partial charge is 0.315 e. The van der Waals surface area contributed by atoms with Crippen molar-refractivity contribution in [2.45, 2.75) is 44.2 Å². The van der Waals surface area contributed by atoms with Crippen LogP contribution in [0.3, 0.4) is 0 Å². The molecule has 1 saturated carbocycles. The lowest BCUT2D eigenvalue weighted by Gasteiger charge is -2.27. The number of rotatable bonds is 7. The number of nitrogens with zero attached hydrogens (tertiary/aromatic N) is 1. The second-order valence-corrected chi connectivity index (χ2v) is 6.78. The highest BCUT2D eigenvalue weighted by Crippen LogP contribution is 2.31. The van der Waals surface area contributed by atoms with Crippen molar-refractivity contribution in [3.63, 3.8) is 0 Å². The fraction of sp³-hybridized carbons (Fsp3) is 0.632. The lowest BCUT2D eigenvalue weighted by atomic mass is 9.96. The van der Waals surface area contributed by atoms with Gasteiger partial charge in [0.2, 0.25) is 0 Å². The Kier molecular flexibility index (Phi) is 7.37. The first-order valence-corrected chi connectivity index (χ1v) is 8.98. The number of likely N-dealkylation sites (N-methyl/N-ethyl adjacent to an activating group) is 1. The van der Waals surface area contributed by atoms with Crippen molar-refractivity contribution >= 4 is 6.03 Å². The van der Waals surface area contributed by atoms with Crippen molar-refractivity contribution in [3.05, 3.63) is 23.8 Å². The second kappa shape index (κ2) is 9.51. The van der Waals surface area contributed by atoms with Gasteiger partial charge in [-0.05, 0) is 44.6 Å². The molecular formula is C19H31N3O3. The molecule has 0 saturated heterocycles. The lowest BCUT2D eigenvalue weighted by Crippen LogP contribution is -2.45. The molecule has 0 heterocycles. The number of methoxy groups -OCH3 is 2. The molecule has 140 valence electrons. The Morgan fingerprint density at radius 3 is 2.44 bits per heavy atom. The first kappa shape index (κ1) is 19.4. The van der Waals surface area contributed by atoms with Crippen LogP contribution >= 0.6 is 0 Å². The van der Waals surface area contributed by atoms with E-state index in [0.717, 1.165) is 18.4 Å². The monoisotopic (exact) mass is 349 g/mol. The lowest BCUT2D eigenvalue weighted by molar-refractivity contribution is 0.225. The van der Waals surface area contributed by atoms with E-state index in [1.54, 1.807) is 14.2 Å². The van der Waals surface area contributed by atoms with E-state index in [2.05, 4.69) is 15.5 Å². The van der Waals surface area contributed by atoms with Gasteiger partial charge in [0.25, 0.3) is 0 Å². The molecule has 1 aromatic carbocycles. The maximum Gasteiger partial charge on any atom is 0.315 e. The second-order valence-electron chi connectivity index (χ2n) is 6.78. The topological polar surface area (TPSA) is 62.8 Å². The van der Waals surface area contributed by atoms with Crippen molar-refractivity contribution in [1.29, 1.82) is 0 Å². The molecule has 2 N–H and O–H groups in total. The summed E-state index contributed by atoms with van der Waals surface area (Å²) in [6.07, 6.45) is 5.86. The number of hydrogen-bond donors (Lipinski definition) is 2. The van der Waals surface area contributed by atoms with Crippen LogP contribution in [0.5, 0.6) is 11.5 Å². The van der Waals surface area contributed by atoms with E-state index >= 15 is 0 Å². The Balaban J connectivity index is 1.97. The van der Waals surface area contributed by atoms with Crippen LogP contribution in [-0.4, -0.2) is 51.8 Å². The summed E-state index contributed by atoms with van der Waals surface area (Å²) in [4.78, 5) is 14.3. The molecule has 1 atom stereocenters. The average molecular weight is 349 g/mol. The Hall–Kier alpha value is -1.95. The molecule has 6 heteroatoms. The average Bonchev–Trinajstić information content (AvgIpc) is 2.62. The largest absolute Gasteiger partial charge is 0.493 e. The number of ether oxygens (including phenoxy) is 2. The van der Waals surface area contributed by atoms with Crippen LogP contribution in [0, 0.1) is 0 Å². The highest BCUT2D eigenvalue weighted by Gasteiger charge is 2.19. The summed E-state index contributed by atoms with van der Waals surface area (Å²) in [6, 6.07) is 6.15. The minimum absolute atomic E-state index is 0.0527. The molecule has 2 amide bonds. The van der Waals surface area contributed by atoms with Gasteiger partial charge in [-0.1, -0.05) is 25.3 Å². The third kappa shape index (κ3) is 5.53. The van der Waals surface area contributed by atoms with Crippen molar-refractivity contribution in [2.24, 2.45) is 0 Å². The van der Waals surface area contributed by atoms with Crippen LogP contribution in [0.15, 0.2) is 18.2 Å². The maximum absolute atomic E-state index is 12.2. The van der Waals surface area contributed by atoms with Gasteiger partial charge in [0.15, 0.2) is 11.5 Å². The van der Waals surface area contributed by atoms with Gasteiger partial charge in [0.1, 0.15) is 0 Å². The van der Waals surface area contributed by atoms with E-state index in [0.29, 0.717) is 24.1 Å².